The predicted molar refractivity (Wildman–Crippen MR) is 144 cm³/mol. The first-order valence-corrected chi connectivity index (χ1v) is 17.0. The average Bonchev–Trinajstić information content (AvgIpc) is 2.87. The molecular weight excluding hydrogens is 488 g/mol. The van der Waals surface area contributed by atoms with Crippen molar-refractivity contribution >= 4 is 21.8 Å². The van der Waals surface area contributed by atoms with Gasteiger partial charge >= 0.3 is 6.09 Å². The van der Waals surface area contributed by atoms with Crippen LogP contribution in [0, 0.1) is 23.7 Å². The summed E-state index contributed by atoms with van der Waals surface area (Å²) < 4.78 is 30.3. The molecule has 4 saturated carbocycles. The minimum Gasteiger partial charge on any atom is -0.446 e. The minimum atomic E-state index is -2.98. The molecule has 5 rings (SSSR count). The van der Waals surface area contributed by atoms with E-state index in [1.807, 2.05) is 9.80 Å². The summed E-state index contributed by atoms with van der Waals surface area (Å²) in [6.45, 7) is 4.25. The molecule has 5 fully saturated rings. The van der Waals surface area contributed by atoms with Crippen LogP contribution in [0.15, 0.2) is 0 Å². The lowest BCUT2D eigenvalue weighted by Gasteiger charge is -2.54. The first kappa shape index (κ1) is 27.3. The Labute approximate surface area is 224 Å². The number of nitrogens with zero attached hydrogens (tertiary/aromatic N) is 2. The van der Waals surface area contributed by atoms with E-state index < -0.39 is 9.84 Å². The molecule has 2 amide bonds. The van der Waals surface area contributed by atoms with E-state index in [2.05, 4.69) is 6.92 Å². The number of fused-ring (bicyclic) bond motifs is 2. The molecule has 0 N–H and O–H groups in total. The maximum absolute atomic E-state index is 13.7. The highest BCUT2D eigenvalue weighted by molar-refractivity contribution is 7.91. The second-order valence-corrected chi connectivity index (χ2v) is 15.5. The molecule has 0 bridgehead atoms. The third-order valence-electron chi connectivity index (χ3n) is 10.9. The lowest BCUT2D eigenvalue weighted by atomic mass is 9.69. The van der Waals surface area contributed by atoms with Crippen molar-refractivity contribution in [1.82, 2.24) is 9.80 Å². The van der Waals surface area contributed by atoms with Crippen molar-refractivity contribution in [2.75, 3.05) is 12.8 Å². The number of sulfone groups is 1. The summed E-state index contributed by atoms with van der Waals surface area (Å²) in [5.74, 6) is 2.60. The molecule has 0 aromatic heterocycles. The Morgan fingerprint density at radius 3 is 2.03 bits per heavy atom. The fourth-order valence-corrected chi connectivity index (χ4v) is 10.1. The zero-order valence-electron chi connectivity index (χ0n) is 23.1. The van der Waals surface area contributed by atoms with Crippen molar-refractivity contribution in [3.05, 3.63) is 0 Å². The van der Waals surface area contributed by atoms with Gasteiger partial charge in [-0.3, -0.25) is 4.79 Å². The van der Waals surface area contributed by atoms with Crippen LogP contribution in [0.25, 0.3) is 0 Å². The monoisotopic (exact) mass is 536 g/mol. The minimum absolute atomic E-state index is 0.00926. The Balaban J connectivity index is 1.26. The maximum Gasteiger partial charge on any atom is 0.410 e. The zero-order chi connectivity index (χ0) is 26.3. The van der Waals surface area contributed by atoms with Crippen LogP contribution in [0.2, 0.25) is 0 Å². The smallest absolute Gasteiger partial charge is 0.410 e. The molecule has 1 heterocycles. The fraction of sp³-hybridized carbons (Fsp3) is 0.931. The van der Waals surface area contributed by atoms with Crippen LogP contribution in [0.3, 0.4) is 0 Å². The standard InChI is InChI=1S/C29H48N2O5S/c1-19-18-30(29(33)36-25-12-8-21-6-4-5-7-23(21)16-25)28-17-24(11-15-27(28)31(19)20(2)32)22-9-13-26(14-10-22)37(3,34)35/h19,21-28H,4-18H2,1-3H3/t19-,21?,22?,23?,24?,25?,26?,27?,28?/m0/s1. The van der Waals surface area contributed by atoms with Crippen LogP contribution < -0.4 is 0 Å². The normalized spacial score (nSPS) is 40.9. The van der Waals surface area contributed by atoms with E-state index in [9.17, 15) is 18.0 Å². The first-order valence-electron chi connectivity index (χ1n) is 15.1. The van der Waals surface area contributed by atoms with Crippen molar-refractivity contribution in [3.63, 3.8) is 0 Å². The molecule has 7 nitrogen and oxygen atoms in total. The lowest BCUT2D eigenvalue weighted by molar-refractivity contribution is -0.143. The van der Waals surface area contributed by atoms with E-state index >= 15 is 0 Å². The quantitative estimate of drug-likeness (QED) is 0.497. The number of rotatable bonds is 3. The van der Waals surface area contributed by atoms with Crippen LogP contribution in [-0.2, 0) is 19.4 Å². The van der Waals surface area contributed by atoms with Crippen molar-refractivity contribution in [1.29, 1.82) is 0 Å². The first-order chi connectivity index (χ1) is 17.6. The highest BCUT2D eigenvalue weighted by Crippen LogP contribution is 2.45. The van der Waals surface area contributed by atoms with E-state index in [1.165, 1.54) is 38.4 Å². The Morgan fingerprint density at radius 1 is 0.757 bits per heavy atom. The Morgan fingerprint density at radius 2 is 1.35 bits per heavy atom. The van der Waals surface area contributed by atoms with E-state index in [4.69, 9.17) is 4.74 Å². The van der Waals surface area contributed by atoms with Crippen LogP contribution in [0.4, 0.5) is 4.79 Å². The van der Waals surface area contributed by atoms with E-state index in [1.54, 1.807) is 6.92 Å². The molecule has 0 spiro atoms. The van der Waals surface area contributed by atoms with Gasteiger partial charge in [-0.15, -0.1) is 0 Å². The van der Waals surface area contributed by atoms with Crippen molar-refractivity contribution in [2.45, 2.75) is 133 Å². The molecule has 7 atom stereocenters. The summed E-state index contributed by atoms with van der Waals surface area (Å²) in [5.41, 5.74) is 0. The summed E-state index contributed by atoms with van der Waals surface area (Å²) in [4.78, 5) is 30.3. The summed E-state index contributed by atoms with van der Waals surface area (Å²) in [5, 5.41) is -0.199. The largest absolute Gasteiger partial charge is 0.446 e. The fourth-order valence-electron chi connectivity index (χ4n) is 8.97. The molecule has 37 heavy (non-hydrogen) atoms. The number of piperazine rings is 1. The zero-order valence-corrected chi connectivity index (χ0v) is 24.0. The Bertz CT molecular complexity index is 946. The predicted octanol–water partition coefficient (Wildman–Crippen LogP) is 5.18. The van der Waals surface area contributed by atoms with Crippen LogP contribution in [0.5, 0.6) is 0 Å². The van der Waals surface area contributed by atoms with Gasteiger partial charge in [-0.05, 0) is 94.8 Å². The van der Waals surface area contributed by atoms with Crippen molar-refractivity contribution in [3.8, 4) is 0 Å². The van der Waals surface area contributed by atoms with Gasteiger partial charge in [0.2, 0.25) is 5.91 Å². The Kier molecular flexibility index (Phi) is 8.14. The summed E-state index contributed by atoms with van der Waals surface area (Å²) in [7, 11) is -2.98. The molecule has 5 aliphatic rings. The molecule has 0 aromatic carbocycles. The summed E-state index contributed by atoms with van der Waals surface area (Å²) in [6.07, 6.45) is 15.9. The molecule has 0 aromatic rings. The van der Waals surface area contributed by atoms with Gasteiger partial charge in [-0.1, -0.05) is 25.7 Å². The number of amides is 2. The topological polar surface area (TPSA) is 84.0 Å². The second-order valence-electron chi connectivity index (χ2n) is 13.1. The maximum atomic E-state index is 13.7. The number of hydrogen-bond acceptors (Lipinski definition) is 5. The van der Waals surface area contributed by atoms with Crippen LogP contribution in [0.1, 0.15) is 104 Å². The molecule has 6 unspecified atom stereocenters. The number of carbonyl (C=O) groups excluding carboxylic acids is 2. The van der Waals surface area contributed by atoms with Gasteiger partial charge in [-0.25, -0.2) is 13.2 Å². The lowest BCUT2D eigenvalue weighted by Crippen LogP contribution is -2.67. The molecule has 1 saturated heterocycles. The third-order valence-corrected chi connectivity index (χ3v) is 12.5. The number of ether oxygens (including phenoxy) is 1. The van der Waals surface area contributed by atoms with E-state index in [0.29, 0.717) is 24.3 Å². The SMILES string of the molecule is CC(=O)N1C2CCC(C3CCC(S(C)(=O)=O)CC3)CC2N(C(=O)OC2CCC3CCCCC3C2)C[C@@H]1C. The third kappa shape index (κ3) is 5.84. The van der Waals surface area contributed by atoms with Crippen molar-refractivity contribution in [2.24, 2.45) is 23.7 Å². The van der Waals surface area contributed by atoms with Crippen LogP contribution >= 0.6 is 0 Å². The van der Waals surface area contributed by atoms with Gasteiger partial charge < -0.3 is 14.5 Å². The molecule has 4 aliphatic carbocycles. The van der Waals surface area contributed by atoms with E-state index in [-0.39, 0.29) is 41.5 Å². The second kappa shape index (κ2) is 11.1. The summed E-state index contributed by atoms with van der Waals surface area (Å²) >= 11 is 0. The molecule has 0 radical (unpaired) electrons. The molecule has 1 aliphatic heterocycles. The molecular formula is C29H48N2O5S. The van der Waals surface area contributed by atoms with Crippen molar-refractivity contribution < 1.29 is 22.7 Å². The summed E-state index contributed by atoms with van der Waals surface area (Å²) in [6, 6.07) is 0.0265. The number of hydrogen-bond donors (Lipinski definition) is 0. The molecule has 8 heteroatoms. The van der Waals surface area contributed by atoms with Crippen LogP contribution in [-0.4, -0.2) is 72.5 Å². The molecule has 210 valence electrons. The highest BCUT2D eigenvalue weighted by atomic mass is 32.2. The van der Waals surface area contributed by atoms with Gasteiger partial charge in [0, 0.05) is 25.8 Å². The van der Waals surface area contributed by atoms with Gasteiger partial charge in [0.05, 0.1) is 17.3 Å². The van der Waals surface area contributed by atoms with Gasteiger partial charge in [0.25, 0.3) is 0 Å². The Hall–Kier alpha value is -1.31. The average molecular weight is 537 g/mol. The highest BCUT2D eigenvalue weighted by Gasteiger charge is 2.48. The van der Waals surface area contributed by atoms with Gasteiger partial charge in [-0.2, -0.15) is 0 Å². The van der Waals surface area contributed by atoms with Gasteiger partial charge in [0.15, 0.2) is 0 Å². The van der Waals surface area contributed by atoms with Gasteiger partial charge in [0.1, 0.15) is 15.9 Å². The van der Waals surface area contributed by atoms with E-state index in [0.717, 1.165) is 63.7 Å². The number of carbonyl (C=O) groups is 2.